The second kappa shape index (κ2) is 4.57. The van der Waals surface area contributed by atoms with E-state index in [4.69, 9.17) is 4.74 Å². The smallest absolute Gasteiger partial charge is 0.118 e. The van der Waals surface area contributed by atoms with Crippen LogP contribution in [0.5, 0.6) is 5.75 Å². The summed E-state index contributed by atoms with van der Waals surface area (Å²) in [5.74, 6) is 0.899. The van der Waals surface area contributed by atoms with Crippen LogP contribution in [0.3, 0.4) is 0 Å². The van der Waals surface area contributed by atoms with Gasteiger partial charge in [-0.1, -0.05) is 36.4 Å². The van der Waals surface area contributed by atoms with Crippen molar-refractivity contribution in [1.29, 1.82) is 0 Å². The van der Waals surface area contributed by atoms with E-state index in [0.29, 0.717) is 0 Å². The molecule has 0 aliphatic heterocycles. The predicted octanol–water partition coefficient (Wildman–Crippen LogP) is 3.70. The van der Waals surface area contributed by atoms with Gasteiger partial charge in [-0.15, -0.1) is 0 Å². The summed E-state index contributed by atoms with van der Waals surface area (Å²) >= 11 is 0. The normalized spacial score (nSPS) is 10.7. The van der Waals surface area contributed by atoms with E-state index in [2.05, 4.69) is 53.4 Å². The Kier molecular flexibility index (Phi) is 2.77. The molecule has 3 aromatic rings. The van der Waals surface area contributed by atoms with Gasteiger partial charge in [0.25, 0.3) is 0 Å². The van der Waals surface area contributed by atoms with Crippen molar-refractivity contribution in [2.24, 2.45) is 0 Å². The Bertz CT molecular complexity index is 619. The maximum atomic E-state index is 5.16. The number of ether oxygens (including phenoxy) is 1. The lowest BCUT2D eigenvalue weighted by Gasteiger charge is -2.04. The van der Waals surface area contributed by atoms with E-state index in [1.54, 1.807) is 7.11 Å². The third kappa shape index (κ3) is 2.09. The summed E-state index contributed by atoms with van der Waals surface area (Å²) in [4.78, 5) is 0. The molecule has 0 unspecified atom stereocenters. The van der Waals surface area contributed by atoms with Crippen molar-refractivity contribution < 1.29 is 4.74 Å². The van der Waals surface area contributed by atoms with Gasteiger partial charge in [0.15, 0.2) is 0 Å². The molecule has 18 heavy (non-hydrogen) atoms. The number of aromatic nitrogens is 1. The number of fused-ring (bicyclic) bond motifs is 1. The fourth-order valence-electron chi connectivity index (χ4n) is 2.17. The standard InChI is InChI=1S/C16H15NO/c1-18-16-8-6-13(7-9-16)10-17-11-14-4-2-3-5-15(14)12-17/h2-9,11-12H,10H2,1H3. The fraction of sp³-hybridized carbons (Fsp3) is 0.125. The molecule has 0 N–H and O–H groups in total. The van der Waals surface area contributed by atoms with E-state index >= 15 is 0 Å². The molecule has 0 fully saturated rings. The van der Waals surface area contributed by atoms with Crippen molar-refractivity contribution in [1.82, 2.24) is 4.57 Å². The molecule has 0 bridgehead atoms. The maximum absolute atomic E-state index is 5.16. The lowest BCUT2D eigenvalue weighted by Crippen LogP contribution is -1.95. The second-order valence-corrected chi connectivity index (χ2v) is 4.41. The van der Waals surface area contributed by atoms with Crippen molar-refractivity contribution in [3.63, 3.8) is 0 Å². The van der Waals surface area contributed by atoms with E-state index < -0.39 is 0 Å². The first kappa shape index (κ1) is 10.9. The molecule has 0 atom stereocenters. The van der Waals surface area contributed by atoms with Crippen molar-refractivity contribution in [3.05, 3.63) is 66.5 Å². The fourth-order valence-corrected chi connectivity index (χ4v) is 2.17. The first-order chi connectivity index (χ1) is 8.85. The van der Waals surface area contributed by atoms with Crippen LogP contribution in [0.1, 0.15) is 5.56 Å². The van der Waals surface area contributed by atoms with Crippen LogP contribution in [-0.2, 0) is 6.54 Å². The third-order valence-electron chi connectivity index (χ3n) is 3.13. The Morgan fingerprint density at radius 1 is 0.889 bits per heavy atom. The highest BCUT2D eigenvalue weighted by Crippen LogP contribution is 2.17. The first-order valence-corrected chi connectivity index (χ1v) is 6.02. The van der Waals surface area contributed by atoms with Crippen LogP contribution in [0, 0.1) is 0 Å². The Balaban J connectivity index is 1.86. The van der Waals surface area contributed by atoms with Gasteiger partial charge in [-0.2, -0.15) is 0 Å². The highest BCUT2D eigenvalue weighted by atomic mass is 16.5. The summed E-state index contributed by atoms with van der Waals surface area (Å²) < 4.78 is 7.38. The molecule has 0 saturated heterocycles. The zero-order valence-electron chi connectivity index (χ0n) is 10.3. The predicted molar refractivity (Wildman–Crippen MR) is 74.0 cm³/mol. The molecular weight excluding hydrogens is 222 g/mol. The van der Waals surface area contributed by atoms with Gasteiger partial charge in [0.05, 0.1) is 7.11 Å². The SMILES string of the molecule is COc1ccc(Cn2cc3ccccc3c2)cc1. The number of benzene rings is 2. The van der Waals surface area contributed by atoms with Crippen LogP contribution in [-0.4, -0.2) is 11.7 Å². The summed E-state index contributed by atoms with van der Waals surface area (Å²) in [5.41, 5.74) is 1.27. The number of nitrogens with zero attached hydrogens (tertiary/aromatic N) is 1. The molecule has 0 amide bonds. The van der Waals surface area contributed by atoms with E-state index in [-0.39, 0.29) is 0 Å². The van der Waals surface area contributed by atoms with Gasteiger partial charge in [-0.25, -0.2) is 0 Å². The largest absolute Gasteiger partial charge is 0.497 e. The van der Waals surface area contributed by atoms with Crippen LogP contribution in [0.2, 0.25) is 0 Å². The molecular formula is C16H15NO. The Labute approximate surface area is 106 Å². The van der Waals surface area contributed by atoms with Gasteiger partial charge in [-0.05, 0) is 28.5 Å². The molecule has 2 nitrogen and oxygen atoms in total. The number of methoxy groups -OCH3 is 1. The lowest BCUT2D eigenvalue weighted by atomic mass is 10.2. The van der Waals surface area contributed by atoms with Crippen molar-refractivity contribution in [3.8, 4) is 5.75 Å². The van der Waals surface area contributed by atoms with Gasteiger partial charge in [-0.3, -0.25) is 0 Å². The van der Waals surface area contributed by atoms with E-state index in [0.717, 1.165) is 12.3 Å². The van der Waals surface area contributed by atoms with Crippen LogP contribution < -0.4 is 4.74 Å². The monoisotopic (exact) mass is 237 g/mol. The zero-order chi connectivity index (χ0) is 12.4. The molecule has 0 radical (unpaired) electrons. The zero-order valence-corrected chi connectivity index (χ0v) is 10.3. The summed E-state index contributed by atoms with van der Waals surface area (Å²) in [5, 5.41) is 2.57. The average Bonchev–Trinajstić information content (AvgIpc) is 2.82. The third-order valence-corrected chi connectivity index (χ3v) is 3.13. The molecule has 0 saturated carbocycles. The molecule has 0 aliphatic carbocycles. The Hall–Kier alpha value is -2.22. The number of rotatable bonds is 3. The minimum absolute atomic E-state index is 0.888. The van der Waals surface area contributed by atoms with Crippen molar-refractivity contribution in [2.45, 2.75) is 6.54 Å². The first-order valence-electron chi connectivity index (χ1n) is 6.02. The molecule has 2 heteroatoms. The van der Waals surface area contributed by atoms with Crippen LogP contribution in [0.25, 0.3) is 10.8 Å². The van der Waals surface area contributed by atoms with Crippen LogP contribution >= 0.6 is 0 Å². The van der Waals surface area contributed by atoms with E-state index in [1.807, 2.05) is 12.1 Å². The highest BCUT2D eigenvalue weighted by molar-refractivity contribution is 5.82. The van der Waals surface area contributed by atoms with Crippen LogP contribution in [0.15, 0.2) is 60.9 Å². The van der Waals surface area contributed by atoms with Gasteiger partial charge in [0.2, 0.25) is 0 Å². The number of hydrogen-bond donors (Lipinski definition) is 0. The molecule has 90 valence electrons. The summed E-state index contributed by atoms with van der Waals surface area (Å²) in [6.07, 6.45) is 4.36. The van der Waals surface area contributed by atoms with Gasteiger partial charge >= 0.3 is 0 Å². The average molecular weight is 237 g/mol. The Morgan fingerprint density at radius 3 is 2.06 bits per heavy atom. The van der Waals surface area contributed by atoms with Crippen molar-refractivity contribution in [2.75, 3.05) is 7.11 Å². The topological polar surface area (TPSA) is 14.2 Å². The van der Waals surface area contributed by atoms with E-state index in [1.165, 1.54) is 16.3 Å². The lowest BCUT2D eigenvalue weighted by molar-refractivity contribution is 0.414. The minimum atomic E-state index is 0.888. The van der Waals surface area contributed by atoms with Gasteiger partial charge in [0, 0.05) is 18.9 Å². The molecule has 0 aliphatic rings. The maximum Gasteiger partial charge on any atom is 0.118 e. The molecule has 1 aromatic heterocycles. The Morgan fingerprint density at radius 2 is 1.50 bits per heavy atom. The minimum Gasteiger partial charge on any atom is -0.497 e. The summed E-state index contributed by atoms with van der Waals surface area (Å²) in [7, 11) is 1.69. The van der Waals surface area contributed by atoms with Crippen LogP contribution in [0.4, 0.5) is 0 Å². The molecule has 2 aromatic carbocycles. The number of hydrogen-bond acceptors (Lipinski definition) is 1. The molecule has 0 spiro atoms. The van der Waals surface area contributed by atoms with E-state index in [9.17, 15) is 0 Å². The molecule has 1 heterocycles. The van der Waals surface area contributed by atoms with Gasteiger partial charge < -0.3 is 9.30 Å². The second-order valence-electron chi connectivity index (χ2n) is 4.41. The van der Waals surface area contributed by atoms with Gasteiger partial charge in [0.1, 0.15) is 5.75 Å². The summed E-state index contributed by atoms with van der Waals surface area (Å²) in [6, 6.07) is 16.6. The quantitative estimate of drug-likeness (QED) is 0.677. The summed E-state index contributed by atoms with van der Waals surface area (Å²) in [6.45, 7) is 0.888. The molecule has 3 rings (SSSR count). The highest BCUT2D eigenvalue weighted by Gasteiger charge is 1.99. The van der Waals surface area contributed by atoms with Crippen molar-refractivity contribution >= 4 is 10.8 Å².